The molecule has 1 aliphatic rings. The zero-order chi connectivity index (χ0) is 21.2. The number of carboxylic acids is 1. The van der Waals surface area contributed by atoms with Crippen molar-refractivity contribution >= 4 is 17.8 Å². The van der Waals surface area contributed by atoms with Gasteiger partial charge in [-0.3, -0.25) is 10.1 Å². The molecule has 0 saturated carbocycles. The number of carbonyl (C=O) groups is 2. The molecule has 1 aromatic carbocycles. The number of hydrogen-bond donors (Lipinski definition) is 2. The van der Waals surface area contributed by atoms with Crippen molar-refractivity contribution in [3.63, 3.8) is 0 Å². The van der Waals surface area contributed by atoms with Gasteiger partial charge >= 0.3 is 12.0 Å². The third-order valence-electron chi connectivity index (χ3n) is 5.25. The van der Waals surface area contributed by atoms with Crippen LogP contribution in [0.1, 0.15) is 45.4 Å². The summed E-state index contributed by atoms with van der Waals surface area (Å²) in [5.41, 5.74) is 1.82. The number of hydrogen-bond acceptors (Lipinski definition) is 3. The Morgan fingerprint density at radius 1 is 1.21 bits per heavy atom. The van der Waals surface area contributed by atoms with Crippen LogP contribution in [0.15, 0.2) is 36.4 Å². The number of anilines is 1. The predicted molar refractivity (Wildman–Crippen MR) is 112 cm³/mol. The Bertz CT molecular complexity index is 870. The van der Waals surface area contributed by atoms with Gasteiger partial charge in [-0.15, -0.1) is 0 Å². The van der Waals surface area contributed by atoms with Gasteiger partial charge in [0.2, 0.25) is 0 Å². The van der Waals surface area contributed by atoms with Crippen molar-refractivity contribution in [1.29, 1.82) is 0 Å². The Morgan fingerprint density at radius 2 is 1.90 bits per heavy atom. The molecular formula is C22H30N4O3. The highest BCUT2D eigenvalue weighted by Crippen LogP contribution is 2.26. The number of carboxylic acid groups (broad SMARTS) is 1. The Labute approximate surface area is 171 Å². The molecule has 3 rings (SSSR count). The van der Waals surface area contributed by atoms with Crippen LogP contribution in [0.3, 0.4) is 0 Å². The second kappa shape index (κ2) is 8.27. The normalized spacial score (nSPS) is 19.8. The number of benzene rings is 1. The van der Waals surface area contributed by atoms with Gasteiger partial charge in [0.25, 0.3) is 0 Å². The molecule has 156 valence electrons. The maximum Gasteiger partial charge on any atom is 0.323 e. The van der Waals surface area contributed by atoms with Crippen LogP contribution in [0.2, 0.25) is 0 Å². The van der Waals surface area contributed by atoms with Crippen molar-refractivity contribution in [3.8, 4) is 0 Å². The van der Waals surface area contributed by atoms with Gasteiger partial charge in [0.1, 0.15) is 5.82 Å². The number of urea groups is 1. The number of carbonyl (C=O) groups excluding carboxylic acids is 1. The van der Waals surface area contributed by atoms with Crippen LogP contribution in [0.5, 0.6) is 0 Å². The van der Waals surface area contributed by atoms with Crippen molar-refractivity contribution < 1.29 is 14.7 Å². The summed E-state index contributed by atoms with van der Waals surface area (Å²) in [6.07, 6.45) is 0.596. The molecule has 7 nitrogen and oxygen atoms in total. The van der Waals surface area contributed by atoms with Crippen molar-refractivity contribution in [2.24, 2.45) is 11.8 Å². The van der Waals surface area contributed by atoms with Crippen molar-refractivity contribution in [3.05, 3.63) is 47.7 Å². The highest BCUT2D eigenvalue weighted by Gasteiger charge is 2.32. The maximum absolute atomic E-state index is 12.9. The first kappa shape index (κ1) is 20.9. The molecule has 1 saturated heterocycles. The highest BCUT2D eigenvalue weighted by molar-refractivity contribution is 5.89. The van der Waals surface area contributed by atoms with E-state index in [1.807, 2.05) is 43.3 Å². The molecule has 29 heavy (non-hydrogen) atoms. The summed E-state index contributed by atoms with van der Waals surface area (Å²) >= 11 is 0. The van der Waals surface area contributed by atoms with Gasteiger partial charge in [-0.25, -0.2) is 9.48 Å². The number of nitrogens with one attached hydrogen (secondary N) is 1. The lowest BCUT2D eigenvalue weighted by Gasteiger charge is -2.34. The van der Waals surface area contributed by atoms with Gasteiger partial charge in [0.05, 0.1) is 18.2 Å². The third kappa shape index (κ3) is 5.16. The van der Waals surface area contributed by atoms with E-state index in [4.69, 9.17) is 5.10 Å². The minimum atomic E-state index is -0.849. The van der Waals surface area contributed by atoms with E-state index in [9.17, 15) is 14.7 Å². The summed E-state index contributed by atoms with van der Waals surface area (Å²) in [5.74, 6) is -0.605. The van der Waals surface area contributed by atoms with Gasteiger partial charge in [0.15, 0.2) is 0 Å². The van der Waals surface area contributed by atoms with Crippen LogP contribution in [0.4, 0.5) is 10.6 Å². The Kier molecular flexibility index (Phi) is 5.96. The number of piperidine rings is 1. The standard InChI is InChI=1S/C22H30N4O3/c1-15-10-17(20(27)28)14-25(12-15)21(29)23-19-11-18(22(2,3)4)24-26(19)13-16-8-6-5-7-9-16/h5-9,11,15,17H,10,12-14H2,1-4H3,(H,23,29)(H,27,28). The summed E-state index contributed by atoms with van der Waals surface area (Å²) in [6, 6.07) is 11.6. The Hall–Kier alpha value is -2.83. The molecule has 2 aromatic rings. The lowest BCUT2D eigenvalue weighted by molar-refractivity contribution is -0.143. The van der Waals surface area contributed by atoms with Gasteiger partial charge in [-0.1, -0.05) is 58.0 Å². The summed E-state index contributed by atoms with van der Waals surface area (Å²) in [5, 5.41) is 17.1. The summed E-state index contributed by atoms with van der Waals surface area (Å²) in [6.45, 7) is 9.54. The molecule has 1 fully saturated rings. The van der Waals surface area contributed by atoms with E-state index in [2.05, 4.69) is 26.1 Å². The lowest BCUT2D eigenvalue weighted by Crippen LogP contribution is -2.47. The fourth-order valence-corrected chi connectivity index (χ4v) is 3.65. The molecule has 0 aliphatic carbocycles. The van der Waals surface area contributed by atoms with E-state index in [0.717, 1.165) is 11.3 Å². The molecule has 2 N–H and O–H groups in total. The minimum Gasteiger partial charge on any atom is -0.481 e. The number of rotatable bonds is 4. The first-order chi connectivity index (χ1) is 13.6. The molecule has 0 spiro atoms. The van der Waals surface area contributed by atoms with E-state index in [1.54, 1.807) is 9.58 Å². The van der Waals surface area contributed by atoms with Crippen LogP contribution >= 0.6 is 0 Å². The first-order valence-electron chi connectivity index (χ1n) is 10.0. The number of nitrogens with zero attached hydrogens (tertiary/aromatic N) is 3. The predicted octanol–water partition coefficient (Wildman–Crippen LogP) is 3.80. The van der Waals surface area contributed by atoms with E-state index in [0.29, 0.717) is 25.3 Å². The zero-order valence-electron chi connectivity index (χ0n) is 17.6. The SMILES string of the molecule is CC1CC(C(=O)O)CN(C(=O)Nc2cc(C(C)(C)C)nn2Cc2ccccc2)C1. The van der Waals surface area contributed by atoms with Crippen LogP contribution < -0.4 is 5.32 Å². The largest absolute Gasteiger partial charge is 0.481 e. The van der Waals surface area contributed by atoms with Crippen LogP contribution in [0, 0.1) is 11.8 Å². The van der Waals surface area contributed by atoms with Gasteiger partial charge in [-0.05, 0) is 17.9 Å². The smallest absolute Gasteiger partial charge is 0.323 e. The number of amides is 2. The second-order valence-electron chi connectivity index (χ2n) is 9.02. The van der Waals surface area contributed by atoms with Crippen LogP contribution in [-0.4, -0.2) is 44.9 Å². The molecule has 0 bridgehead atoms. The van der Waals surface area contributed by atoms with Crippen LogP contribution in [-0.2, 0) is 16.8 Å². The van der Waals surface area contributed by atoms with Gasteiger partial charge in [-0.2, -0.15) is 5.10 Å². The van der Waals surface area contributed by atoms with E-state index in [-0.39, 0.29) is 23.9 Å². The van der Waals surface area contributed by atoms with E-state index in [1.165, 1.54) is 0 Å². The summed E-state index contributed by atoms with van der Waals surface area (Å²) < 4.78 is 1.80. The topological polar surface area (TPSA) is 87.5 Å². The molecule has 1 aliphatic heterocycles. The van der Waals surface area contributed by atoms with Crippen molar-refractivity contribution in [2.45, 2.75) is 46.1 Å². The molecule has 0 radical (unpaired) electrons. The minimum absolute atomic E-state index is 0.148. The quantitative estimate of drug-likeness (QED) is 0.820. The first-order valence-corrected chi connectivity index (χ1v) is 10.0. The maximum atomic E-state index is 12.9. The monoisotopic (exact) mass is 398 g/mol. The van der Waals surface area contributed by atoms with Crippen molar-refractivity contribution in [2.75, 3.05) is 18.4 Å². The second-order valence-corrected chi connectivity index (χ2v) is 9.02. The Morgan fingerprint density at radius 3 is 2.52 bits per heavy atom. The molecule has 2 amide bonds. The number of aromatic nitrogens is 2. The molecule has 2 atom stereocenters. The Balaban J connectivity index is 1.82. The lowest BCUT2D eigenvalue weighted by atomic mass is 9.91. The number of aliphatic carboxylic acids is 1. The average Bonchev–Trinajstić information content (AvgIpc) is 3.05. The zero-order valence-corrected chi connectivity index (χ0v) is 17.6. The summed E-state index contributed by atoms with van der Waals surface area (Å²) in [4.78, 5) is 26.0. The van der Waals surface area contributed by atoms with E-state index >= 15 is 0 Å². The highest BCUT2D eigenvalue weighted by atomic mass is 16.4. The average molecular weight is 399 g/mol. The molecule has 2 unspecified atom stereocenters. The van der Waals surface area contributed by atoms with Gasteiger partial charge in [0, 0.05) is 24.6 Å². The molecule has 1 aromatic heterocycles. The fraction of sp³-hybridized carbons (Fsp3) is 0.500. The third-order valence-corrected chi connectivity index (χ3v) is 5.25. The number of likely N-dealkylation sites (tertiary alicyclic amines) is 1. The van der Waals surface area contributed by atoms with E-state index < -0.39 is 11.9 Å². The summed E-state index contributed by atoms with van der Waals surface area (Å²) in [7, 11) is 0. The molecular weight excluding hydrogens is 368 g/mol. The molecule has 7 heteroatoms. The molecule has 2 heterocycles. The van der Waals surface area contributed by atoms with Crippen LogP contribution in [0.25, 0.3) is 0 Å². The fourth-order valence-electron chi connectivity index (χ4n) is 3.65. The van der Waals surface area contributed by atoms with Crippen molar-refractivity contribution in [1.82, 2.24) is 14.7 Å². The van der Waals surface area contributed by atoms with Gasteiger partial charge < -0.3 is 10.0 Å².